The highest BCUT2D eigenvalue weighted by Gasteiger charge is 2.35. The van der Waals surface area contributed by atoms with Crippen LogP contribution in [0.15, 0.2) is 42.6 Å². The fourth-order valence-corrected chi connectivity index (χ4v) is 3.53. The van der Waals surface area contributed by atoms with Gasteiger partial charge in [-0.3, -0.25) is 9.59 Å². The highest BCUT2D eigenvalue weighted by Crippen LogP contribution is 2.31. The van der Waals surface area contributed by atoms with Crippen LogP contribution < -0.4 is 14.8 Å². The number of aromatic nitrogens is 1. The lowest BCUT2D eigenvalue weighted by molar-refractivity contribution is -0.143. The molecule has 2 unspecified atom stereocenters. The van der Waals surface area contributed by atoms with E-state index in [0.29, 0.717) is 41.8 Å². The van der Waals surface area contributed by atoms with Gasteiger partial charge in [-0.05, 0) is 37.1 Å². The normalized spacial score (nSPS) is 21.1. The van der Waals surface area contributed by atoms with Crippen molar-refractivity contribution < 1.29 is 19.1 Å². The van der Waals surface area contributed by atoms with Crippen molar-refractivity contribution in [2.24, 2.45) is 5.92 Å². The molecule has 2 aliphatic heterocycles. The molecule has 2 amide bonds. The summed E-state index contributed by atoms with van der Waals surface area (Å²) >= 11 is 5.81. The van der Waals surface area contributed by atoms with Gasteiger partial charge in [0.05, 0.1) is 10.9 Å². The maximum absolute atomic E-state index is 12.9. The number of anilines is 1. The number of carbonyl (C=O) groups is 2. The molecule has 7 nitrogen and oxygen atoms in total. The number of piperidine rings is 1. The van der Waals surface area contributed by atoms with Gasteiger partial charge in [0.15, 0.2) is 11.5 Å². The molecule has 1 fully saturated rings. The molecular weight excluding hydrogens is 382 g/mol. The van der Waals surface area contributed by atoms with Gasteiger partial charge in [0, 0.05) is 19.3 Å². The first-order valence-corrected chi connectivity index (χ1v) is 9.57. The van der Waals surface area contributed by atoms with Gasteiger partial charge in [0.1, 0.15) is 12.4 Å². The van der Waals surface area contributed by atoms with E-state index in [-0.39, 0.29) is 24.3 Å². The maximum atomic E-state index is 12.9. The molecule has 8 heteroatoms. The molecule has 1 saturated heterocycles. The number of carbonyl (C=O) groups excluding carboxylic acids is 2. The second-order valence-electron chi connectivity index (χ2n) is 6.84. The van der Waals surface area contributed by atoms with Crippen LogP contribution in [-0.2, 0) is 9.59 Å². The molecule has 0 radical (unpaired) electrons. The third-order valence-corrected chi connectivity index (χ3v) is 5.09. The minimum Gasteiger partial charge on any atom is -0.485 e. The summed E-state index contributed by atoms with van der Waals surface area (Å²) in [7, 11) is 0. The lowest BCUT2D eigenvalue weighted by atomic mass is 9.96. The zero-order chi connectivity index (χ0) is 19.5. The van der Waals surface area contributed by atoms with Gasteiger partial charge in [0.2, 0.25) is 12.0 Å². The van der Waals surface area contributed by atoms with Crippen LogP contribution in [0.3, 0.4) is 0 Å². The van der Waals surface area contributed by atoms with Crippen LogP contribution in [0.2, 0.25) is 5.02 Å². The molecule has 28 heavy (non-hydrogen) atoms. The Bertz CT molecular complexity index is 874. The summed E-state index contributed by atoms with van der Waals surface area (Å²) in [5.41, 5.74) is 0. The Morgan fingerprint density at radius 1 is 1.18 bits per heavy atom. The highest BCUT2D eigenvalue weighted by molar-refractivity contribution is 6.30. The Kier molecular flexibility index (Phi) is 5.34. The Morgan fingerprint density at radius 2 is 2.00 bits per heavy atom. The van der Waals surface area contributed by atoms with Crippen LogP contribution in [0.1, 0.15) is 12.8 Å². The molecule has 0 aliphatic carbocycles. The van der Waals surface area contributed by atoms with Crippen molar-refractivity contribution in [3.63, 3.8) is 0 Å². The number of amides is 2. The number of nitrogens with zero attached hydrogens (tertiary/aromatic N) is 2. The van der Waals surface area contributed by atoms with Gasteiger partial charge in [-0.25, -0.2) is 4.98 Å². The first-order chi connectivity index (χ1) is 13.6. The molecule has 0 bridgehead atoms. The number of hydrogen-bond donors (Lipinski definition) is 1. The van der Waals surface area contributed by atoms with E-state index in [0.717, 1.165) is 6.42 Å². The van der Waals surface area contributed by atoms with Crippen LogP contribution in [0.25, 0.3) is 0 Å². The molecule has 2 atom stereocenters. The molecule has 2 aliphatic rings. The van der Waals surface area contributed by atoms with Crippen molar-refractivity contribution in [1.29, 1.82) is 0 Å². The highest BCUT2D eigenvalue weighted by atomic mass is 35.5. The first kappa shape index (κ1) is 18.6. The molecular formula is C20H20ClN3O4. The predicted octanol–water partition coefficient (Wildman–Crippen LogP) is 2.75. The summed E-state index contributed by atoms with van der Waals surface area (Å²) in [6, 6.07) is 10.6. The number of halogens is 1. The summed E-state index contributed by atoms with van der Waals surface area (Å²) in [6.45, 7) is 1.11. The summed E-state index contributed by atoms with van der Waals surface area (Å²) in [4.78, 5) is 31.2. The third kappa shape index (κ3) is 4.04. The standard InChI is InChI=1S/C20H20ClN3O4/c21-14-7-8-18(22-10-14)23-19(25)13-4-3-9-24(11-13)20(26)17-12-27-15-5-1-2-6-16(15)28-17/h1-2,5-8,10,13,17H,3-4,9,11-12H2,(H,22,23,25). The van der Waals surface area contributed by atoms with Gasteiger partial charge in [-0.2, -0.15) is 0 Å². The van der Waals surface area contributed by atoms with E-state index in [4.69, 9.17) is 21.1 Å². The van der Waals surface area contributed by atoms with Gasteiger partial charge >= 0.3 is 0 Å². The second-order valence-corrected chi connectivity index (χ2v) is 7.27. The second kappa shape index (κ2) is 8.06. The van der Waals surface area contributed by atoms with E-state index < -0.39 is 6.10 Å². The topological polar surface area (TPSA) is 80.8 Å². The molecule has 1 aromatic heterocycles. The van der Waals surface area contributed by atoms with Gasteiger partial charge in [0.25, 0.3) is 5.91 Å². The summed E-state index contributed by atoms with van der Waals surface area (Å²) in [5.74, 6) is 1.03. The third-order valence-electron chi connectivity index (χ3n) is 4.87. The summed E-state index contributed by atoms with van der Waals surface area (Å²) in [5, 5.41) is 3.29. The SMILES string of the molecule is O=C(Nc1ccc(Cl)cn1)C1CCCN(C(=O)C2COc3ccccc3O2)C1. The molecule has 1 aromatic carbocycles. The molecule has 146 valence electrons. The van der Waals surface area contributed by atoms with Crippen LogP contribution in [-0.4, -0.2) is 47.5 Å². The number of fused-ring (bicyclic) bond motifs is 1. The molecule has 4 rings (SSSR count). The minimum absolute atomic E-state index is 0.154. The smallest absolute Gasteiger partial charge is 0.267 e. The zero-order valence-corrected chi connectivity index (χ0v) is 15.9. The van der Waals surface area contributed by atoms with Crippen molar-refractivity contribution in [1.82, 2.24) is 9.88 Å². The van der Waals surface area contributed by atoms with E-state index in [1.165, 1.54) is 6.20 Å². The fourth-order valence-electron chi connectivity index (χ4n) is 3.41. The Hall–Kier alpha value is -2.80. The maximum Gasteiger partial charge on any atom is 0.267 e. The van der Waals surface area contributed by atoms with Crippen LogP contribution in [0.4, 0.5) is 5.82 Å². The number of likely N-dealkylation sites (tertiary alicyclic amines) is 1. The largest absolute Gasteiger partial charge is 0.485 e. The number of rotatable bonds is 3. The molecule has 0 spiro atoms. The van der Waals surface area contributed by atoms with Gasteiger partial charge in [-0.1, -0.05) is 23.7 Å². The van der Waals surface area contributed by atoms with Crippen molar-refractivity contribution in [3.05, 3.63) is 47.6 Å². The molecule has 0 saturated carbocycles. The van der Waals surface area contributed by atoms with Crippen molar-refractivity contribution in [2.45, 2.75) is 18.9 Å². The van der Waals surface area contributed by atoms with Crippen molar-refractivity contribution in [3.8, 4) is 11.5 Å². The number of benzene rings is 1. The number of nitrogens with one attached hydrogen (secondary N) is 1. The number of ether oxygens (including phenoxy) is 2. The van der Waals surface area contributed by atoms with E-state index >= 15 is 0 Å². The molecule has 1 N–H and O–H groups in total. The Labute approximate surface area is 167 Å². The van der Waals surface area contributed by atoms with Crippen molar-refractivity contribution in [2.75, 3.05) is 25.0 Å². The summed E-state index contributed by atoms with van der Waals surface area (Å²) < 4.78 is 11.5. The van der Waals surface area contributed by atoms with Gasteiger partial charge in [-0.15, -0.1) is 0 Å². The Morgan fingerprint density at radius 3 is 2.79 bits per heavy atom. The summed E-state index contributed by atoms with van der Waals surface area (Å²) in [6.07, 6.45) is 2.25. The number of pyridine rings is 1. The fraction of sp³-hybridized carbons (Fsp3) is 0.350. The minimum atomic E-state index is -0.699. The monoisotopic (exact) mass is 401 g/mol. The van der Waals surface area contributed by atoms with Gasteiger partial charge < -0.3 is 19.7 Å². The lowest BCUT2D eigenvalue weighted by Gasteiger charge is -2.35. The predicted molar refractivity (Wildman–Crippen MR) is 104 cm³/mol. The van der Waals surface area contributed by atoms with Crippen LogP contribution in [0, 0.1) is 5.92 Å². The average Bonchev–Trinajstić information content (AvgIpc) is 2.74. The van der Waals surface area contributed by atoms with E-state index in [9.17, 15) is 9.59 Å². The van der Waals surface area contributed by atoms with Crippen molar-refractivity contribution >= 4 is 29.2 Å². The number of hydrogen-bond acceptors (Lipinski definition) is 5. The van der Waals surface area contributed by atoms with E-state index in [1.807, 2.05) is 18.2 Å². The quantitative estimate of drug-likeness (QED) is 0.855. The first-order valence-electron chi connectivity index (χ1n) is 9.20. The number of para-hydroxylation sites is 2. The van der Waals surface area contributed by atoms with Crippen LogP contribution >= 0.6 is 11.6 Å². The molecule has 3 heterocycles. The van der Waals surface area contributed by atoms with E-state index in [2.05, 4.69) is 10.3 Å². The average molecular weight is 402 g/mol. The van der Waals surface area contributed by atoms with Crippen LogP contribution in [0.5, 0.6) is 11.5 Å². The zero-order valence-electron chi connectivity index (χ0n) is 15.1. The van der Waals surface area contributed by atoms with E-state index in [1.54, 1.807) is 23.1 Å². The molecule has 2 aromatic rings. The Balaban J connectivity index is 1.37. The lowest BCUT2D eigenvalue weighted by Crippen LogP contribution is -2.51.